The van der Waals surface area contributed by atoms with E-state index in [4.69, 9.17) is 37.8 Å². The molecule has 0 radical (unpaired) electrons. The Morgan fingerprint density at radius 1 is 1.16 bits per heavy atom. The number of hydrogen-bond donors (Lipinski definition) is 1. The Bertz CT molecular complexity index is 1010. The van der Waals surface area contributed by atoms with Gasteiger partial charge in [-0.2, -0.15) is 13.2 Å². The lowest BCUT2D eigenvalue weighted by atomic mass is 9.74. The molecule has 0 unspecified atom stereocenters. The van der Waals surface area contributed by atoms with E-state index in [0.717, 1.165) is 30.5 Å². The summed E-state index contributed by atoms with van der Waals surface area (Å²) in [6.45, 7) is 1.81. The summed E-state index contributed by atoms with van der Waals surface area (Å²) < 4.78 is 50.3. The van der Waals surface area contributed by atoms with E-state index in [1.54, 1.807) is 12.1 Å². The third-order valence-electron chi connectivity index (χ3n) is 6.05. The Labute approximate surface area is 192 Å². The van der Waals surface area contributed by atoms with Gasteiger partial charge in [0.15, 0.2) is 0 Å². The minimum Gasteiger partial charge on any atom is -0.492 e. The molecule has 5 nitrogen and oxygen atoms in total. The topological polar surface area (TPSA) is 59.0 Å². The first kappa shape index (κ1) is 23.0. The number of benzene rings is 2. The molecule has 0 bridgehead atoms. The van der Waals surface area contributed by atoms with E-state index in [9.17, 15) is 18.0 Å². The highest BCUT2D eigenvalue weighted by Crippen LogP contribution is 2.47. The summed E-state index contributed by atoms with van der Waals surface area (Å²) >= 11 is 12.0. The van der Waals surface area contributed by atoms with Crippen LogP contribution in [0.5, 0.6) is 11.5 Å². The molecule has 2 aliphatic rings. The molecule has 10 heteroatoms. The summed E-state index contributed by atoms with van der Waals surface area (Å²) in [5, 5.41) is 8.75. The van der Waals surface area contributed by atoms with Gasteiger partial charge in [-0.3, -0.25) is 9.69 Å². The fourth-order valence-corrected chi connectivity index (χ4v) is 4.84. The van der Waals surface area contributed by atoms with Crippen LogP contribution in [0.3, 0.4) is 0 Å². The van der Waals surface area contributed by atoms with Crippen LogP contribution in [0.4, 0.5) is 13.2 Å². The molecular weight excluding hydrogens is 470 g/mol. The molecule has 1 spiro atoms. The molecule has 2 heterocycles. The van der Waals surface area contributed by atoms with Crippen LogP contribution in [-0.4, -0.2) is 42.2 Å². The smallest absolute Gasteiger partial charge is 0.416 e. The lowest BCUT2D eigenvalue weighted by molar-refractivity contribution is -0.139. The Morgan fingerprint density at radius 3 is 2.41 bits per heavy atom. The van der Waals surface area contributed by atoms with Gasteiger partial charge in [0, 0.05) is 32.7 Å². The molecule has 172 valence electrons. The number of piperidine rings is 1. The minimum absolute atomic E-state index is 0.0334. The molecule has 32 heavy (non-hydrogen) atoms. The van der Waals surface area contributed by atoms with Crippen molar-refractivity contribution in [2.45, 2.75) is 31.0 Å². The highest BCUT2D eigenvalue weighted by molar-refractivity contribution is 6.36. The van der Waals surface area contributed by atoms with Gasteiger partial charge in [-0.05, 0) is 44.1 Å². The number of likely N-dealkylation sites (tertiary alicyclic amines) is 1. The number of alkyl halides is 3. The maximum atomic E-state index is 12.9. The molecule has 0 amide bonds. The van der Waals surface area contributed by atoms with Crippen molar-refractivity contribution in [3.8, 4) is 11.5 Å². The van der Waals surface area contributed by atoms with Gasteiger partial charge in [0.25, 0.3) is 0 Å². The van der Waals surface area contributed by atoms with E-state index >= 15 is 0 Å². The molecule has 0 aromatic heterocycles. The maximum absolute atomic E-state index is 12.9. The van der Waals surface area contributed by atoms with Crippen LogP contribution in [0.1, 0.15) is 29.5 Å². The van der Waals surface area contributed by atoms with Crippen LogP contribution in [-0.2, 0) is 23.0 Å². The standard InChI is InChI=1S/C22H20Cl2F3NO4/c23-17-7-13(22(25,26)27)8-18(24)15(17)11-31-14-1-2-16-19(9-14)32-12-21(16)3-5-28(6-4-21)10-20(29)30/h1-2,7-9H,3-6,10-12H2,(H,29,30). The molecule has 2 aromatic carbocycles. The summed E-state index contributed by atoms with van der Waals surface area (Å²) in [5.41, 5.74) is 0.264. The van der Waals surface area contributed by atoms with Crippen LogP contribution in [0, 0.1) is 0 Å². The van der Waals surface area contributed by atoms with Crippen LogP contribution in [0.15, 0.2) is 30.3 Å². The first-order valence-corrected chi connectivity index (χ1v) is 10.7. The van der Waals surface area contributed by atoms with Crippen molar-refractivity contribution in [2.75, 3.05) is 26.2 Å². The molecule has 2 aliphatic heterocycles. The lowest BCUT2D eigenvalue weighted by Crippen LogP contribution is -2.45. The molecule has 2 aromatic rings. The lowest BCUT2D eigenvalue weighted by Gasteiger charge is -2.37. The van der Waals surface area contributed by atoms with Crippen LogP contribution in [0.2, 0.25) is 10.0 Å². The Hall–Kier alpha value is -2.16. The fraction of sp³-hybridized carbons (Fsp3) is 0.409. The van der Waals surface area contributed by atoms with E-state index in [1.165, 1.54) is 0 Å². The highest BCUT2D eigenvalue weighted by atomic mass is 35.5. The molecule has 1 saturated heterocycles. The largest absolute Gasteiger partial charge is 0.492 e. The summed E-state index contributed by atoms with van der Waals surface area (Å²) in [4.78, 5) is 12.9. The summed E-state index contributed by atoms with van der Waals surface area (Å²) in [7, 11) is 0. The van der Waals surface area contributed by atoms with Gasteiger partial charge in [-0.25, -0.2) is 0 Å². The summed E-state index contributed by atoms with van der Waals surface area (Å²) in [6, 6.07) is 7.13. The van der Waals surface area contributed by atoms with Gasteiger partial charge in [-0.15, -0.1) is 0 Å². The zero-order valence-electron chi connectivity index (χ0n) is 16.8. The number of carbonyl (C=O) groups is 1. The minimum atomic E-state index is -4.54. The van der Waals surface area contributed by atoms with E-state index in [-0.39, 0.29) is 34.2 Å². The van der Waals surface area contributed by atoms with Crippen molar-refractivity contribution >= 4 is 29.2 Å². The zero-order valence-corrected chi connectivity index (χ0v) is 18.4. The monoisotopic (exact) mass is 489 g/mol. The second kappa shape index (κ2) is 8.65. The van der Waals surface area contributed by atoms with E-state index in [0.29, 0.717) is 31.2 Å². The number of nitrogens with zero attached hydrogens (tertiary/aromatic N) is 1. The first-order valence-electron chi connectivity index (χ1n) is 9.97. The molecular formula is C22H20Cl2F3NO4. The van der Waals surface area contributed by atoms with Gasteiger partial charge in [0.05, 0.1) is 18.7 Å². The van der Waals surface area contributed by atoms with Crippen molar-refractivity contribution in [2.24, 2.45) is 0 Å². The number of rotatable bonds is 5. The number of halogens is 5. The third-order valence-corrected chi connectivity index (χ3v) is 6.73. The van der Waals surface area contributed by atoms with Crippen LogP contribution < -0.4 is 9.47 Å². The third kappa shape index (κ3) is 4.63. The summed E-state index contributed by atoms with van der Waals surface area (Å²) in [6.07, 6.45) is -2.95. The second-order valence-corrected chi connectivity index (χ2v) is 8.92. The molecule has 0 saturated carbocycles. The number of ether oxygens (including phenoxy) is 2. The molecule has 1 fully saturated rings. The maximum Gasteiger partial charge on any atom is 0.416 e. The number of aliphatic carboxylic acids is 1. The predicted octanol–water partition coefficient (Wildman–Crippen LogP) is 5.40. The Kier molecular flexibility index (Phi) is 6.22. The highest BCUT2D eigenvalue weighted by Gasteiger charge is 2.43. The van der Waals surface area contributed by atoms with Gasteiger partial charge in [0.2, 0.25) is 0 Å². The fourth-order valence-electron chi connectivity index (χ4n) is 4.25. The molecule has 4 rings (SSSR count). The van der Waals surface area contributed by atoms with Gasteiger partial charge in [-0.1, -0.05) is 29.3 Å². The molecule has 0 aliphatic carbocycles. The average molecular weight is 490 g/mol. The normalized spacial score (nSPS) is 17.8. The molecule has 1 N–H and O–H groups in total. The first-order chi connectivity index (χ1) is 15.1. The van der Waals surface area contributed by atoms with Gasteiger partial charge < -0.3 is 14.6 Å². The van der Waals surface area contributed by atoms with E-state index in [2.05, 4.69) is 0 Å². The van der Waals surface area contributed by atoms with Crippen molar-refractivity contribution in [1.29, 1.82) is 0 Å². The average Bonchev–Trinajstić information content (AvgIpc) is 3.06. The van der Waals surface area contributed by atoms with Gasteiger partial charge in [0.1, 0.15) is 18.1 Å². The number of hydrogen-bond acceptors (Lipinski definition) is 4. The SMILES string of the molecule is O=C(O)CN1CCC2(CC1)COc1cc(OCc3c(Cl)cc(C(F)(F)F)cc3Cl)ccc12. The Morgan fingerprint density at radius 2 is 1.81 bits per heavy atom. The number of fused-ring (bicyclic) bond motifs is 2. The van der Waals surface area contributed by atoms with Crippen molar-refractivity contribution in [3.05, 3.63) is 57.1 Å². The van der Waals surface area contributed by atoms with Crippen LogP contribution >= 0.6 is 23.2 Å². The Balaban J connectivity index is 1.45. The molecule has 0 atom stereocenters. The van der Waals surface area contributed by atoms with Crippen LogP contribution in [0.25, 0.3) is 0 Å². The van der Waals surface area contributed by atoms with Crippen molar-refractivity contribution < 1.29 is 32.5 Å². The van der Waals surface area contributed by atoms with Crippen molar-refractivity contribution in [1.82, 2.24) is 4.90 Å². The zero-order chi connectivity index (χ0) is 23.1. The number of carboxylic acids is 1. The predicted molar refractivity (Wildman–Crippen MR) is 113 cm³/mol. The van der Waals surface area contributed by atoms with E-state index < -0.39 is 17.7 Å². The quantitative estimate of drug-likeness (QED) is 0.608. The van der Waals surface area contributed by atoms with Crippen molar-refractivity contribution in [3.63, 3.8) is 0 Å². The summed E-state index contributed by atoms with van der Waals surface area (Å²) in [5.74, 6) is 0.342. The number of carboxylic acid groups (broad SMARTS) is 1. The second-order valence-electron chi connectivity index (χ2n) is 8.10. The van der Waals surface area contributed by atoms with E-state index in [1.807, 2.05) is 11.0 Å². The van der Waals surface area contributed by atoms with Gasteiger partial charge >= 0.3 is 12.1 Å².